The molecular formula is C14H23N3O. The minimum absolute atomic E-state index is 0.141. The molecule has 1 aliphatic heterocycles. The third kappa shape index (κ3) is 2.43. The van der Waals surface area contributed by atoms with Crippen LogP contribution >= 0.6 is 0 Å². The average molecular weight is 249 g/mol. The summed E-state index contributed by atoms with van der Waals surface area (Å²) >= 11 is 0. The molecule has 0 aliphatic carbocycles. The molecule has 2 heterocycles. The van der Waals surface area contributed by atoms with Gasteiger partial charge >= 0.3 is 0 Å². The van der Waals surface area contributed by atoms with Crippen LogP contribution in [0.3, 0.4) is 0 Å². The summed E-state index contributed by atoms with van der Waals surface area (Å²) in [4.78, 5) is 14.2. The molecule has 18 heavy (non-hydrogen) atoms. The van der Waals surface area contributed by atoms with Crippen LogP contribution in [0, 0.1) is 6.92 Å². The number of carbonyl (C=O) groups excluding carboxylic acids is 1. The number of fused-ring (bicyclic) bond motifs is 1. The topological polar surface area (TPSA) is 51.3 Å². The van der Waals surface area contributed by atoms with Crippen molar-refractivity contribution in [1.29, 1.82) is 0 Å². The summed E-state index contributed by atoms with van der Waals surface area (Å²) < 4.78 is 2.29. The monoisotopic (exact) mass is 249 g/mol. The number of aromatic nitrogens is 1. The average Bonchev–Trinajstić information content (AvgIpc) is 2.59. The molecule has 0 saturated heterocycles. The van der Waals surface area contributed by atoms with Crippen molar-refractivity contribution in [2.24, 2.45) is 5.73 Å². The predicted molar refractivity (Wildman–Crippen MR) is 72.2 cm³/mol. The first-order chi connectivity index (χ1) is 8.29. The van der Waals surface area contributed by atoms with E-state index in [0.29, 0.717) is 6.42 Å². The van der Waals surface area contributed by atoms with Crippen molar-refractivity contribution in [2.45, 2.75) is 52.2 Å². The molecule has 1 aromatic heterocycles. The Bertz CT molecular complexity index is 456. The third-order valence-corrected chi connectivity index (χ3v) is 3.62. The second-order valence-electron chi connectivity index (χ2n) is 5.98. The molecule has 0 saturated carbocycles. The Morgan fingerprint density at radius 1 is 1.44 bits per heavy atom. The molecule has 0 bridgehead atoms. The minimum Gasteiger partial charge on any atom is -0.345 e. The Hall–Kier alpha value is -1.29. The molecule has 1 aromatic rings. The van der Waals surface area contributed by atoms with Crippen LogP contribution < -0.4 is 5.73 Å². The minimum atomic E-state index is -0.438. The van der Waals surface area contributed by atoms with Gasteiger partial charge in [0.25, 0.3) is 0 Å². The Morgan fingerprint density at radius 2 is 2.11 bits per heavy atom. The predicted octanol–water partition coefficient (Wildman–Crippen LogP) is 1.83. The first-order valence-corrected chi connectivity index (χ1v) is 6.54. The van der Waals surface area contributed by atoms with Crippen molar-refractivity contribution in [3.63, 3.8) is 0 Å². The molecule has 1 aliphatic rings. The Labute approximate surface area is 109 Å². The van der Waals surface area contributed by atoms with Crippen molar-refractivity contribution in [3.8, 4) is 0 Å². The molecule has 2 N–H and O–H groups in total. The zero-order valence-corrected chi connectivity index (χ0v) is 11.7. The van der Waals surface area contributed by atoms with E-state index in [0.717, 1.165) is 13.1 Å². The van der Waals surface area contributed by atoms with Crippen LogP contribution in [0.25, 0.3) is 0 Å². The van der Waals surface area contributed by atoms with E-state index in [1.54, 1.807) is 0 Å². The lowest BCUT2D eigenvalue weighted by atomic mass is 10.0. The molecule has 4 nitrogen and oxygen atoms in total. The van der Waals surface area contributed by atoms with Crippen molar-refractivity contribution in [3.05, 3.63) is 23.5 Å². The number of rotatable bonds is 2. The largest absolute Gasteiger partial charge is 0.345 e. The molecule has 100 valence electrons. The molecule has 0 fully saturated rings. The molecule has 2 rings (SSSR count). The Morgan fingerprint density at radius 3 is 2.72 bits per heavy atom. The first-order valence-electron chi connectivity index (χ1n) is 6.54. The number of hydrogen-bond donors (Lipinski definition) is 1. The highest BCUT2D eigenvalue weighted by atomic mass is 16.2. The highest BCUT2D eigenvalue weighted by Crippen LogP contribution is 2.28. The van der Waals surface area contributed by atoms with Gasteiger partial charge < -0.3 is 15.2 Å². The number of hydrogen-bond acceptors (Lipinski definition) is 2. The second kappa shape index (κ2) is 4.43. The summed E-state index contributed by atoms with van der Waals surface area (Å²) in [6.07, 6.45) is 0.400. The fourth-order valence-corrected chi connectivity index (χ4v) is 2.65. The standard InChI is InChI=1S/C14H23N3O/c1-10-5-6-12-11(2)17(8-7-16(10)12)13(18)9-14(3,4)15/h5-6,11H,7-9,15H2,1-4H3. The highest BCUT2D eigenvalue weighted by molar-refractivity contribution is 5.78. The van der Waals surface area contributed by atoms with Gasteiger partial charge in [-0.3, -0.25) is 4.79 Å². The van der Waals surface area contributed by atoms with Crippen LogP contribution in [-0.2, 0) is 11.3 Å². The smallest absolute Gasteiger partial charge is 0.225 e. The van der Waals surface area contributed by atoms with E-state index in [1.807, 2.05) is 18.7 Å². The number of carbonyl (C=O) groups is 1. The molecule has 1 unspecified atom stereocenters. The Kier molecular flexibility index (Phi) is 3.23. The van der Waals surface area contributed by atoms with Crippen molar-refractivity contribution in [2.75, 3.05) is 6.54 Å². The van der Waals surface area contributed by atoms with Gasteiger partial charge in [0, 0.05) is 36.4 Å². The number of nitrogens with zero attached hydrogens (tertiary/aromatic N) is 2. The molecule has 0 spiro atoms. The van der Waals surface area contributed by atoms with E-state index in [1.165, 1.54) is 11.4 Å². The maximum absolute atomic E-state index is 12.3. The maximum Gasteiger partial charge on any atom is 0.225 e. The fourth-order valence-electron chi connectivity index (χ4n) is 2.65. The van der Waals surface area contributed by atoms with Gasteiger partial charge in [-0.2, -0.15) is 0 Å². The maximum atomic E-state index is 12.3. The van der Waals surface area contributed by atoms with E-state index >= 15 is 0 Å². The van der Waals surface area contributed by atoms with E-state index in [-0.39, 0.29) is 11.9 Å². The second-order valence-corrected chi connectivity index (χ2v) is 5.98. The zero-order valence-electron chi connectivity index (χ0n) is 11.7. The summed E-state index contributed by atoms with van der Waals surface area (Å²) in [5, 5.41) is 0. The summed E-state index contributed by atoms with van der Waals surface area (Å²) in [5.41, 5.74) is 7.99. The van der Waals surface area contributed by atoms with Gasteiger partial charge in [-0.15, -0.1) is 0 Å². The SMILES string of the molecule is Cc1ccc2n1CCN(C(=O)CC(C)(C)N)C2C. The Balaban J connectivity index is 2.17. The lowest BCUT2D eigenvalue weighted by Gasteiger charge is -2.36. The van der Waals surface area contributed by atoms with Crippen molar-refractivity contribution in [1.82, 2.24) is 9.47 Å². The molecule has 4 heteroatoms. The quantitative estimate of drug-likeness (QED) is 0.869. The van der Waals surface area contributed by atoms with E-state index < -0.39 is 5.54 Å². The molecule has 0 radical (unpaired) electrons. The van der Waals surface area contributed by atoms with Crippen LogP contribution in [0.1, 0.15) is 44.6 Å². The third-order valence-electron chi connectivity index (χ3n) is 3.62. The lowest BCUT2D eigenvalue weighted by molar-refractivity contribution is -0.135. The van der Waals surface area contributed by atoms with Crippen LogP contribution in [0.2, 0.25) is 0 Å². The first kappa shape index (κ1) is 13.1. The van der Waals surface area contributed by atoms with Crippen LogP contribution in [0.15, 0.2) is 12.1 Å². The summed E-state index contributed by atoms with van der Waals surface area (Å²) in [7, 11) is 0. The summed E-state index contributed by atoms with van der Waals surface area (Å²) in [6, 6.07) is 4.38. The van der Waals surface area contributed by atoms with E-state index in [2.05, 4.69) is 30.5 Å². The van der Waals surface area contributed by atoms with Crippen LogP contribution in [-0.4, -0.2) is 27.5 Å². The van der Waals surface area contributed by atoms with Gasteiger partial charge in [-0.05, 0) is 39.8 Å². The van der Waals surface area contributed by atoms with Gasteiger partial charge in [-0.25, -0.2) is 0 Å². The van der Waals surface area contributed by atoms with Crippen molar-refractivity contribution < 1.29 is 4.79 Å². The van der Waals surface area contributed by atoms with Gasteiger partial charge in [0.05, 0.1) is 6.04 Å². The van der Waals surface area contributed by atoms with E-state index in [4.69, 9.17) is 5.73 Å². The number of amides is 1. The highest BCUT2D eigenvalue weighted by Gasteiger charge is 2.30. The lowest BCUT2D eigenvalue weighted by Crippen LogP contribution is -2.45. The zero-order chi connectivity index (χ0) is 13.5. The van der Waals surface area contributed by atoms with Crippen LogP contribution in [0.5, 0.6) is 0 Å². The van der Waals surface area contributed by atoms with Crippen LogP contribution in [0.4, 0.5) is 0 Å². The van der Waals surface area contributed by atoms with Gasteiger partial charge in [0.2, 0.25) is 5.91 Å². The normalized spacial score (nSPS) is 19.8. The number of nitrogens with two attached hydrogens (primary N) is 1. The fraction of sp³-hybridized carbons (Fsp3) is 0.643. The summed E-state index contributed by atoms with van der Waals surface area (Å²) in [6.45, 7) is 9.65. The molecule has 1 atom stereocenters. The van der Waals surface area contributed by atoms with Gasteiger partial charge in [0.1, 0.15) is 0 Å². The molecule has 1 amide bonds. The van der Waals surface area contributed by atoms with Crippen molar-refractivity contribution >= 4 is 5.91 Å². The molecular weight excluding hydrogens is 226 g/mol. The van der Waals surface area contributed by atoms with E-state index in [9.17, 15) is 4.79 Å². The summed E-state index contributed by atoms with van der Waals surface area (Å²) in [5.74, 6) is 0.153. The number of aryl methyl sites for hydroxylation is 1. The van der Waals surface area contributed by atoms with Gasteiger partial charge in [-0.1, -0.05) is 0 Å². The van der Waals surface area contributed by atoms with Gasteiger partial charge in [0.15, 0.2) is 0 Å². The molecule has 0 aromatic carbocycles.